The van der Waals surface area contributed by atoms with E-state index in [9.17, 15) is 18.0 Å². The van der Waals surface area contributed by atoms with Crippen molar-refractivity contribution in [3.05, 3.63) is 35.0 Å². The zero-order chi connectivity index (χ0) is 24.6. The fourth-order valence-electron chi connectivity index (χ4n) is 3.74. The van der Waals surface area contributed by atoms with Crippen molar-refractivity contribution >= 4 is 43.6 Å². The molecule has 34 heavy (non-hydrogen) atoms. The number of thiazole rings is 1. The lowest BCUT2D eigenvalue weighted by atomic mass is 10.00. The normalized spacial score (nSPS) is 11.9. The van der Waals surface area contributed by atoms with E-state index in [0.29, 0.717) is 33.3 Å². The van der Waals surface area contributed by atoms with Gasteiger partial charge < -0.3 is 14.8 Å². The van der Waals surface area contributed by atoms with Crippen LogP contribution in [0.4, 0.5) is 18.3 Å². The average molecular weight is 494 g/mol. The molecule has 0 radical (unpaired) electrons. The van der Waals surface area contributed by atoms with Crippen molar-refractivity contribution < 1.29 is 27.4 Å². The highest BCUT2D eigenvalue weighted by atomic mass is 32.1. The number of alkyl halides is 3. The molecule has 0 unspecified atom stereocenters. The Kier molecular flexibility index (Phi) is 6.34. The third-order valence-corrected chi connectivity index (χ3v) is 6.26. The van der Waals surface area contributed by atoms with E-state index in [-0.39, 0.29) is 18.1 Å². The molecule has 0 aliphatic carbocycles. The van der Waals surface area contributed by atoms with Gasteiger partial charge in [-0.25, -0.2) is 14.6 Å². The molecule has 0 spiro atoms. The molecule has 3 heterocycles. The number of anilines is 1. The number of hydrogen-bond donors (Lipinski definition) is 1. The molecule has 0 bridgehead atoms. The van der Waals surface area contributed by atoms with E-state index in [0.717, 1.165) is 22.2 Å². The highest BCUT2D eigenvalue weighted by molar-refractivity contribution is 7.22. The first-order valence-corrected chi connectivity index (χ1v) is 11.1. The zero-order valence-electron chi connectivity index (χ0n) is 18.9. The van der Waals surface area contributed by atoms with Crippen molar-refractivity contribution in [2.45, 2.75) is 32.9 Å². The second-order valence-corrected chi connectivity index (χ2v) is 8.76. The SMILES string of the molecule is COc1nn(C)c2nc(C)c(CCC(=O)Nc3nc4ccc(OCC(F)(F)F)cc4s3)c(C)c12. The number of halogens is 3. The molecule has 0 aliphatic heterocycles. The van der Waals surface area contributed by atoms with E-state index in [1.165, 1.54) is 23.5 Å². The number of nitrogens with zero attached hydrogens (tertiary/aromatic N) is 4. The van der Waals surface area contributed by atoms with Crippen molar-refractivity contribution in [3.63, 3.8) is 0 Å². The minimum Gasteiger partial charge on any atom is -0.484 e. The van der Waals surface area contributed by atoms with Crippen molar-refractivity contribution in [1.82, 2.24) is 19.7 Å². The van der Waals surface area contributed by atoms with Crippen LogP contribution in [0.2, 0.25) is 0 Å². The quantitative estimate of drug-likeness (QED) is 0.401. The molecule has 1 N–H and O–H groups in total. The summed E-state index contributed by atoms with van der Waals surface area (Å²) in [5, 5.41) is 8.29. The predicted molar refractivity (Wildman–Crippen MR) is 123 cm³/mol. The number of nitrogens with one attached hydrogen (secondary N) is 1. The van der Waals surface area contributed by atoms with Crippen molar-refractivity contribution in [2.75, 3.05) is 19.0 Å². The van der Waals surface area contributed by atoms with Gasteiger partial charge in [0.1, 0.15) is 5.75 Å². The highest BCUT2D eigenvalue weighted by Crippen LogP contribution is 2.32. The summed E-state index contributed by atoms with van der Waals surface area (Å²) < 4.78 is 49.5. The summed E-state index contributed by atoms with van der Waals surface area (Å²) in [6.07, 6.45) is -3.75. The number of carbonyl (C=O) groups is 1. The van der Waals surface area contributed by atoms with E-state index in [4.69, 9.17) is 9.47 Å². The third kappa shape index (κ3) is 4.91. The molecule has 0 saturated carbocycles. The number of methoxy groups -OCH3 is 1. The van der Waals surface area contributed by atoms with Gasteiger partial charge in [-0.05, 0) is 49.6 Å². The summed E-state index contributed by atoms with van der Waals surface area (Å²) in [5.74, 6) is 0.344. The molecular formula is C22H22F3N5O3S. The van der Waals surface area contributed by atoms with Crippen LogP contribution >= 0.6 is 11.3 Å². The molecule has 3 aromatic heterocycles. The van der Waals surface area contributed by atoms with E-state index in [1.54, 1.807) is 24.9 Å². The van der Waals surface area contributed by atoms with Gasteiger partial charge in [0, 0.05) is 19.2 Å². The Morgan fingerprint density at radius 3 is 2.71 bits per heavy atom. The summed E-state index contributed by atoms with van der Waals surface area (Å²) in [6.45, 7) is 2.48. The lowest BCUT2D eigenvalue weighted by molar-refractivity contribution is -0.153. The van der Waals surface area contributed by atoms with E-state index >= 15 is 0 Å². The zero-order valence-corrected chi connectivity index (χ0v) is 19.7. The third-order valence-electron chi connectivity index (χ3n) is 5.33. The molecule has 0 saturated heterocycles. The molecule has 0 aliphatic rings. The lowest BCUT2D eigenvalue weighted by Gasteiger charge is -2.11. The number of pyridine rings is 1. The van der Waals surface area contributed by atoms with Crippen molar-refractivity contribution in [1.29, 1.82) is 0 Å². The molecule has 1 amide bonds. The Hall–Kier alpha value is -3.41. The van der Waals surface area contributed by atoms with Crippen LogP contribution in [-0.4, -0.2) is 45.5 Å². The number of benzene rings is 1. The fourth-order valence-corrected chi connectivity index (χ4v) is 4.65. The summed E-state index contributed by atoms with van der Waals surface area (Å²) in [6, 6.07) is 4.45. The number of carbonyl (C=O) groups excluding carboxylic acids is 1. The number of aryl methyl sites for hydroxylation is 3. The molecule has 1 aromatic carbocycles. The number of hydrogen-bond acceptors (Lipinski definition) is 7. The van der Waals surface area contributed by atoms with Crippen LogP contribution < -0.4 is 14.8 Å². The summed E-state index contributed by atoms with van der Waals surface area (Å²) >= 11 is 1.17. The van der Waals surface area contributed by atoms with Crippen molar-refractivity contribution in [3.8, 4) is 11.6 Å². The predicted octanol–water partition coefficient (Wildman–Crippen LogP) is 4.72. The maximum absolute atomic E-state index is 12.6. The maximum atomic E-state index is 12.6. The van der Waals surface area contributed by atoms with Crippen LogP contribution in [0.1, 0.15) is 23.2 Å². The molecule has 0 fully saturated rings. The first-order chi connectivity index (χ1) is 16.1. The minimum absolute atomic E-state index is 0.0889. The standard InChI is InChI=1S/C22H22F3N5O3S/c1-11-14(12(2)26-19-18(11)20(32-4)29-30(19)3)6-8-17(31)28-21-27-15-7-5-13(9-16(15)34-21)33-10-22(23,24)25/h5,7,9H,6,8,10H2,1-4H3,(H,27,28,31). The average Bonchev–Trinajstić information content (AvgIpc) is 3.31. The van der Waals surface area contributed by atoms with Crippen LogP contribution in [0.25, 0.3) is 21.3 Å². The van der Waals surface area contributed by atoms with Gasteiger partial charge in [0.2, 0.25) is 11.8 Å². The van der Waals surface area contributed by atoms with Gasteiger partial charge in [0.15, 0.2) is 17.4 Å². The first-order valence-electron chi connectivity index (χ1n) is 10.3. The second-order valence-electron chi connectivity index (χ2n) is 7.73. The summed E-state index contributed by atoms with van der Waals surface area (Å²) in [7, 11) is 3.35. The number of fused-ring (bicyclic) bond motifs is 2. The van der Waals surface area contributed by atoms with Gasteiger partial charge in [0.05, 0.1) is 22.7 Å². The topological polar surface area (TPSA) is 91.2 Å². The fraction of sp³-hybridized carbons (Fsp3) is 0.364. The van der Waals surface area contributed by atoms with Crippen LogP contribution in [0.5, 0.6) is 11.6 Å². The molecule has 8 nitrogen and oxygen atoms in total. The number of amides is 1. The summed E-state index contributed by atoms with van der Waals surface area (Å²) in [5.41, 5.74) is 4.00. The van der Waals surface area contributed by atoms with Gasteiger partial charge in [0.25, 0.3) is 0 Å². The van der Waals surface area contributed by atoms with E-state index in [2.05, 4.69) is 20.4 Å². The van der Waals surface area contributed by atoms with Gasteiger partial charge in [-0.15, -0.1) is 5.10 Å². The molecule has 12 heteroatoms. The van der Waals surface area contributed by atoms with Crippen LogP contribution in [0, 0.1) is 13.8 Å². The number of aromatic nitrogens is 4. The second kappa shape index (κ2) is 9.09. The van der Waals surface area contributed by atoms with E-state index < -0.39 is 12.8 Å². The molecule has 0 atom stereocenters. The van der Waals surface area contributed by atoms with E-state index in [1.807, 2.05) is 13.8 Å². The smallest absolute Gasteiger partial charge is 0.422 e. The Morgan fingerprint density at radius 1 is 1.24 bits per heavy atom. The van der Waals surface area contributed by atoms with Gasteiger partial charge in [-0.2, -0.15) is 13.2 Å². The van der Waals surface area contributed by atoms with Gasteiger partial charge in [-0.1, -0.05) is 11.3 Å². The van der Waals surface area contributed by atoms with Crippen LogP contribution in [-0.2, 0) is 18.3 Å². The molecule has 4 rings (SSSR count). The Balaban J connectivity index is 1.45. The molecular weight excluding hydrogens is 471 g/mol. The van der Waals surface area contributed by atoms with Gasteiger partial charge in [-0.3, -0.25) is 4.79 Å². The number of ether oxygens (including phenoxy) is 2. The largest absolute Gasteiger partial charge is 0.484 e. The number of rotatable bonds is 7. The monoisotopic (exact) mass is 493 g/mol. The maximum Gasteiger partial charge on any atom is 0.422 e. The Labute approximate surface area is 196 Å². The summed E-state index contributed by atoms with van der Waals surface area (Å²) in [4.78, 5) is 21.6. The molecule has 180 valence electrons. The Morgan fingerprint density at radius 2 is 2.00 bits per heavy atom. The first kappa shape index (κ1) is 23.7. The minimum atomic E-state index is -4.42. The molecule has 4 aromatic rings. The Bertz CT molecular complexity index is 1380. The van der Waals surface area contributed by atoms with Crippen LogP contribution in [0.15, 0.2) is 18.2 Å². The lowest BCUT2D eigenvalue weighted by Crippen LogP contribution is -2.19. The van der Waals surface area contributed by atoms with Crippen LogP contribution in [0.3, 0.4) is 0 Å². The van der Waals surface area contributed by atoms with Crippen molar-refractivity contribution in [2.24, 2.45) is 7.05 Å². The highest BCUT2D eigenvalue weighted by Gasteiger charge is 2.28. The van der Waals surface area contributed by atoms with Gasteiger partial charge >= 0.3 is 6.18 Å².